The van der Waals surface area contributed by atoms with Crippen molar-refractivity contribution in [2.75, 3.05) is 0 Å². The van der Waals surface area contributed by atoms with Gasteiger partial charge >= 0.3 is 0 Å². The summed E-state index contributed by atoms with van der Waals surface area (Å²) in [6, 6.07) is 0.348. The number of amides is 1. The van der Waals surface area contributed by atoms with Gasteiger partial charge in [-0.1, -0.05) is 47.5 Å². The number of carbonyl (C=O) groups excluding carboxylic acids is 1. The Labute approximate surface area is 112 Å². The quantitative estimate of drug-likeness (QED) is 0.790. The summed E-state index contributed by atoms with van der Waals surface area (Å²) in [5.74, 6) is 1.28. The Morgan fingerprint density at radius 1 is 1.17 bits per heavy atom. The van der Waals surface area contributed by atoms with Crippen LogP contribution in [0.3, 0.4) is 0 Å². The van der Waals surface area contributed by atoms with E-state index in [1.807, 2.05) is 0 Å². The molecule has 18 heavy (non-hydrogen) atoms. The van der Waals surface area contributed by atoms with Crippen LogP contribution in [0.1, 0.15) is 60.8 Å². The van der Waals surface area contributed by atoms with Crippen LogP contribution in [0.2, 0.25) is 0 Å². The zero-order valence-electron chi connectivity index (χ0n) is 12.9. The van der Waals surface area contributed by atoms with Gasteiger partial charge in [0.05, 0.1) is 12.2 Å². The Kier molecular flexibility index (Phi) is 5.64. The van der Waals surface area contributed by atoms with Crippen LogP contribution in [-0.2, 0) is 4.79 Å². The Balaban J connectivity index is 2.87. The van der Waals surface area contributed by atoms with Gasteiger partial charge in [0, 0.05) is 6.04 Å². The summed E-state index contributed by atoms with van der Waals surface area (Å²) in [5.41, 5.74) is 0. The summed E-state index contributed by atoms with van der Waals surface area (Å²) in [6.07, 6.45) is 3.49. The van der Waals surface area contributed by atoms with Crippen molar-refractivity contribution in [2.45, 2.75) is 79.1 Å². The van der Waals surface area contributed by atoms with Crippen molar-refractivity contribution in [3.8, 4) is 0 Å². The molecular formula is C15H30N2O. The van der Waals surface area contributed by atoms with Crippen molar-refractivity contribution in [3.63, 3.8) is 0 Å². The second kappa shape index (κ2) is 6.55. The molecule has 1 heterocycles. The van der Waals surface area contributed by atoms with Gasteiger partial charge in [0.1, 0.15) is 0 Å². The van der Waals surface area contributed by atoms with Gasteiger partial charge in [-0.2, -0.15) is 0 Å². The summed E-state index contributed by atoms with van der Waals surface area (Å²) >= 11 is 0. The molecular weight excluding hydrogens is 224 g/mol. The number of hydrogen-bond acceptors (Lipinski definition) is 2. The molecule has 106 valence electrons. The predicted octanol–water partition coefficient (Wildman–Crippen LogP) is 3.00. The minimum Gasteiger partial charge on any atom is -0.323 e. The van der Waals surface area contributed by atoms with Crippen molar-refractivity contribution in [2.24, 2.45) is 11.8 Å². The molecule has 3 atom stereocenters. The minimum atomic E-state index is 0.00626. The van der Waals surface area contributed by atoms with E-state index in [0.29, 0.717) is 23.8 Å². The third-order valence-corrected chi connectivity index (χ3v) is 4.45. The lowest BCUT2D eigenvalue weighted by atomic mass is 9.93. The highest BCUT2D eigenvalue weighted by Crippen LogP contribution is 2.27. The average Bonchev–Trinajstić information content (AvgIpc) is 2.67. The molecule has 1 fully saturated rings. The van der Waals surface area contributed by atoms with Crippen LogP contribution >= 0.6 is 0 Å². The first-order valence-corrected chi connectivity index (χ1v) is 7.55. The molecule has 3 nitrogen and oxygen atoms in total. The highest BCUT2D eigenvalue weighted by Gasteiger charge is 2.42. The number of rotatable bonds is 6. The molecule has 1 amide bonds. The van der Waals surface area contributed by atoms with Crippen LogP contribution < -0.4 is 5.32 Å². The molecule has 0 saturated carbocycles. The van der Waals surface area contributed by atoms with Crippen LogP contribution in [0.15, 0.2) is 0 Å². The minimum absolute atomic E-state index is 0.00626. The highest BCUT2D eigenvalue weighted by atomic mass is 16.2. The van der Waals surface area contributed by atoms with E-state index in [2.05, 4.69) is 51.8 Å². The third kappa shape index (κ3) is 2.87. The summed E-state index contributed by atoms with van der Waals surface area (Å²) in [4.78, 5) is 14.7. The van der Waals surface area contributed by atoms with Gasteiger partial charge in [0.25, 0.3) is 0 Å². The maximum Gasteiger partial charge on any atom is 0.241 e. The maximum absolute atomic E-state index is 12.6. The van der Waals surface area contributed by atoms with Crippen molar-refractivity contribution in [1.82, 2.24) is 10.2 Å². The SMILES string of the molecule is CCC(CC)C(C)N1C(=O)C(C(C)C)NC1CC. The van der Waals surface area contributed by atoms with Gasteiger partial charge in [0.15, 0.2) is 0 Å². The van der Waals surface area contributed by atoms with E-state index in [9.17, 15) is 4.79 Å². The van der Waals surface area contributed by atoms with Crippen molar-refractivity contribution >= 4 is 5.91 Å². The first kappa shape index (κ1) is 15.5. The zero-order valence-corrected chi connectivity index (χ0v) is 12.9. The first-order valence-electron chi connectivity index (χ1n) is 7.55. The van der Waals surface area contributed by atoms with E-state index in [1.54, 1.807) is 0 Å². The fraction of sp³-hybridized carbons (Fsp3) is 0.933. The molecule has 3 heteroatoms. The Morgan fingerprint density at radius 3 is 2.11 bits per heavy atom. The number of carbonyl (C=O) groups is 1. The second-order valence-corrected chi connectivity index (χ2v) is 5.88. The molecule has 1 aliphatic rings. The summed E-state index contributed by atoms with van der Waals surface area (Å²) in [7, 11) is 0. The number of hydrogen-bond donors (Lipinski definition) is 1. The van der Waals surface area contributed by atoms with Crippen molar-refractivity contribution in [3.05, 3.63) is 0 Å². The Hall–Kier alpha value is -0.570. The van der Waals surface area contributed by atoms with E-state index in [-0.39, 0.29) is 12.2 Å². The van der Waals surface area contributed by atoms with Gasteiger partial charge < -0.3 is 4.90 Å². The van der Waals surface area contributed by atoms with Gasteiger partial charge in [-0.05, 0) is 25.2 Å². The zero-order chi connectivity index (χ0) is 13.9. The number of nitrogens with zero attached hydrogens (tertiary/aromatic N) is 1. The van der Waals surface area contributed by atoms with E-state index in [0.717, 1.165) is 19.3 Å². The molecule has 0 aromatic rings. The first-order chi connectivity index (χ1) is 8.47. The standard InChI is InChI=1S/C15H30N2O/c1-7-12(8-2)11(6)17-13(9-3)16-14(10(4)5)15(17)18/h10-14,16H,7-9H2,1-6H3. The van der Waals surface area contributed by atoms with Gasteiger partial charge in [0.2, 0.25) is 5.91 Å². The number of nitrogens with one attached hydrogen (secondary N) is 1. The average molecular weight is 254 g/mol. The molecule has 0 aromatic carbocycles. The third-order valence-electron chi connectivity index (χ3n) is 4.45. The van der Waals surface area contributed by atoms with Crippen LogP contribution in [0.25, 0.3) is 0 Å². The normalized spacial score (nSPS) is 26.4. The topological polar surface area (TPSA) is 32.3 Å². The summed E-state index contributed by atoms with van der Waals surface area (Å²) in [6.45, 7) is 13.0. The van der Waals surface area contributed by atoms with Gasteiger partial charge in [-0.15, -0.1) is 0 Å². The smallest absolute Gasteiger partial charge is 0.241 e. The van der Waals surface area contributed by atoms with Crippen molar-refractivity contribution < 1.29 is 4.79 Å². The van der Waals surface area contributed by atoms with E-state index in [1.165, 1.54) is 0 Å². The lowest BCUT2D eigenvalue weighted by Crippen LogP contribution is -2.46. The summed E-state index contributed by atoms with van der Waals surface area (Å²) < 4.78 is 0. The molecule has 3 unspecified atom stereocenters. The molecule has 0 bridgehead atoms. The van der Waals surface area contributed by atoms with E-state index in [4.69, 9.17) is 0 Å². The molecule has 0 radical (unpaired) electrons. The molecule has 0 aromatic heterocycles. The lowest BCUT2D eigenvalue weighted by Gasteiger charge is -2.34. The van der Waals surface area contributed by atoms with Crippen LogP contribution in [0.5, 0.6) is 0 Å². The fourth-order valence-corrected chi connectivity index (χ4v) is 3.15. The van der Waals surface area contributed by atoms with E-state index >= 15 is 0 Å². The van der Waals surface area contributed by atoms with Gasteiger partial charge in [-0.3, -0.25) is 10.1 Å². The fourth-order valence-electron chi connectivity index (χ4n) is 3.15. The molecule has 1 N–H and O–H groups in total. The molecule has 1 aliphatic heterocycles. The largest absolute Gasteiger partial charge is 0.323 e. The molecule has 1 rings (SSSR count). The Morgan fingerprint density at radius 2 is 1.72 bits per heavy atom. The second-order valence-electron chi connectivity index (χ2n) is 5.88. The van der Waals surface area contributed by atoms with Crippen LogP contribution in [0.4, 0.5) is 0 Å². The van der Waals surface area contributed by atoms with Gasteiger partial charge in [-0.25, -0.2) is 0 Å². The molecule has 0 spiro atoms. The lowest BCUT2D eigenvalue weighted by molar-refractivity contribution is -0.133. The summed E-state index contributed by atoms with van der Waals surface area (Å²) in [5, 5.41) is 3.50. The monoisotopic (exact) mass is 254 g/mol. The highest BCUT2D eigenvalue weighted by molar-refractivity contribution is 5.84. The predicted molar refractivity (Wildman–Crippen MR) is 76.2 cm³/mol. The van der Waals surface area contributed by atoms with Crippen molar-refractivity contribution in [1.29, 1.82) is 0 Å². The van der Waals surface area contributed by atoms with E-state index < -0.39 is 0 Å². The van der Waals surface area contributed by atoms with Crippen LogP contribution in [-0.4, -0.2) is 29.1 Å². The maximum atomic E-state index is 12.6. The Bertz CT molecular complexity index is 274. The van der Waals surface area contributed by atoms with Crippen LogP contribution in [0, 0.1) is 11.8 Å². The molecule has 1 saturated heterocycles. The molecule has 0 aliphatic carbocycles.